The fraction of sp³-hybridized carbons (Fsp3) is 0.333. The van der Waals surface area contributed by atoms with Crippen molar-refractivity contribution in [2.45, 2.75) is 19.8 Å². The second-order valence-electron chi connectivity index (χ2n) is 3.44. The maximum Gasteiger partial charge on any atom is 0.133 e. The molecule has 0 atom stereocenters. The standard InChI is InChI=1S/C12H15BrO/c1-4-7-14-12-6-5-10(9(2)3)8-11(12)13/h4-6,8-9H,1,7H2,2-3H3. The number of halogens is 1. The molecule has 0 fully saturated rings. The highest BCUT2D eigenvalue weighted by molar-refractivity contribution is 9.10. The van der Waals surface area contributed by atoms with Crippen molar-refractivity contribution in [3.63, 3.8) is 0 Å². The third-order valence-corrected chi connectivity index (χ3v) is 2.60. The van der Waals surface area contributed by atoms with Gasteiger partial charge in [-0.1, -0.05) is 32.6 Å². The van der Waals surface area contributed by atoms with Gasteiger partial charge in [-0.15, -0.1) is 0 Å². The van der Waals surface area contributed by atoms with Crippen LogP contribution < -0.4 is 4.74 Å². The maximum absolute atomic E-state index is 5.46. The lowest BCUT2D eigenvalue weighted by molar-refractivity contribution is 0.361. The molecule has 0 saturated heterocycles. The van der Waals surface area contributed by atoms with Crippen LogP contribution in [0.1, 0.15) is 25.3 Å². The summed E-state index contributed by atoms with van der Waals surface area (Å²) in [6.07, 6.45) is 1.74. The van der Waals surface area contributed by atoms with Crippen LogP contribution in [-0.2, 0) is 0 Å². The van der Waals surface area contributed by atoms with Gasteiger partial charge in [0.1, 0.15) is 12.4 Å². The smallest absolute Gasteiger partial charge is 0.133 e. The van der Waals surface area contributed by atoms with Crippen LogP contribution in [-0.4, -0.2) is 6.61 Å². The Balaban J connectivity index is 2.84. The van der Waals surface area contributed by atoms with E-state index in [-0.39, 0.29) is 0 Å². The van der Waals surface area contributed by atoms with E-state index in [9.17, 15) is 0 Å². The minimum atomic E-state index is 0.541. The summed E-state index contributed by atoms with van der Waals surface area (Å²) in [4.78, 5) is 0. The SMILES string of the molecule is C=CCOc1ccc(C(C)C)cc1Br. The number of hydrogen-bond acceptors (Lipinski definition) is 1. The summed E-state index contributed by atoms with van der Waals surface area (Å²) in [5.41, 5.74) is 1.31. The van der Waals surface area contributed by atoms with E-state index >= 15 is 0 Å². The lowest BCUT2D eigenvalue weighted by atomic mass is 10.0. The average Bonchev–Trinajstić information content (AvgIpc) is 2.15. The van der Waals surface area contributed by atoms with Gasteiger partial charge < -0.3 is 4.74 Å². The van der Waals surface area contributed by atoms with Crippen LogP contribution in [0.15, 0.2) is 35.3 Å². The van der Waals surface area contributed by atoms with Crippen molar-refractivity contribution >= 4 is 15.9 Å². The van der Waals surface area contributed by atoms with Gasteiger partial charge in [-0.2, -0.15) is 0 Å². The lowest BCUT2D eigenvalue weighted by Gasteiger charge is -2.09. The van der Waals surface area contributed by atoms with E-state index in [1.54, 1.807) is 6.08 Å². The molecule has 0 aliphatic carbocycles. The predicted molar refractivity (Wildman–Crippen MR) is 63.9 cm³/mol. The highest BCUT2D eigenvalue weighted by Crippen LogP contribution is 2.28. The summed E-state index contributed by atoms with van der Waals surface area (Å²) in [7, 11) is 0. The van der Waals surface area contributed by atoms with Gasteiger partial charge in [0, 0.05) is 0 Å². The first-order chi connectivity index (χ1) is 6.65. The van der Waals surface area contributed by atoms with Crippen molar-refractivity contribution in [3.8, 4) is 5.75 Å². The monoisotopic (exact) mass is 254 g/mol. The molecule has 0 radical (unpaired) electrons. The van der Waals surface area contributed by atoms with Crippen LogP contribution in [0.5, 0.6) is 5.75 Å². The molecular formula is C12H15BrO. The Bertz CT molecular complexity index is 318. The largest absolute Gasteiger partial charge is 0.488 e. The van der Waals surface area contributed by atoms with Crippen molar-refractivity contribution in [1.29, 1.82) is 0 Å². The summed E-state index contributed by atoms with van der Waals surface area (Å²) in [5.74, 6) is 1.41. The summed E-state index contributed by atoms with van der Waals surface area (Å²) in [5, 5.41) is 0. The fourth-order valence-corrected chi connectivity index (χ4v) is 1.65. The molecule has 0 spiro atoms. The van der Waals surface area contributed by atoms with Crippen molar-refractivity contribution in [2.75, 3.05) is 6.61 Å². The van der Waals surface area contributed by atoms with E-state index in [1.165, 1.54) is 5.56 Å². The molecule has 1 aromatic rings. The topological polar surface area (TPSA) is 9.23 Å². The van der Waals surface area contributed by atoms with Crippen LogP contribution in [0.2, 0.25) is 0 Å². The highest BCUT2D eigenvalue weighted by Gasteiger charge is 2.04. The Hall–Kier alpha value is -0.760. The molecule has 0 amide bonds. The number of rotatable bonds is 4. The predicted octanol–water partition coefficient (Wildman–Crippen LogP) is 4.14. The third-order valence-electron chi connectivity index (χ3n) is 1.98. The van der Waals surface area contributed by atoms with Gasteiger partial charge in [-0.05, 0) is 39.5 Å². The average molecular weight is 255 g/mol. The number of ether oxygens (including phenoxy) is 1. The molecule has 0 aliphatic heterocycles. The summed E-state index contributed by atoms with van der Waals surface area (Å²) in [6, 6.07) is 6.18. The molecule has 1 aromatic carbocycles. The minimum absolute atomic E-state index is 0.541. The maximum atomic E-state index is 5.46. The van der Waals surface area contributed by atoms with E-state index in [0.29, 0.717) is 12.5 Å². The quantitative estimate of drug-likeness (QED) is 0.735. The van der Waals surface area contributed by atoms with Gasteiger partial charge in [-0.25, -0.2) is 0 Å². The molecule has 0 aliphatic rings. The van der Waals surface area contributed by atoms with E-state index in [0.717, 1.165) is 10.2 Å². The molecule has 0 heterocycles. The molecular weight excluding hydrogens is 240 g/mol. The lowest BCUT2D eigenvalue weighted by Crippen LogP contribution is -1.95. The fourth-order valence-electron chi connectivity index (χ4n) is 1.14. The zero-order valence-electron chi connectivity index (χ0n) is 8.59. The second kappa shape index (κ2) is 5.20. The summed E-state index contributed by atoms with van der Waals surface area (Å²) in [6.45, 7) is 8.50. The van der Waals surface area contributed by atoms with Crippen LogP contribution in [0, 0.1) is 0 Å². The van der Waals surface area contributed by atoms with E-state index in [1.807, 2.05) is 6.07 Å². The molecule has 0 unspecified atom stereocenters. The first-order valence-electron chi connectivity index (χ1n) is 4.68. The van der Waals surface area contributed by atoms with Crippen molar-refractivity contribution in [1.82, 2.24) is 0 Å². The van der Waals surface area contributed by atoms with E-state index < -0.39 is 0 Å². The molecule has 1 nitrogen and oxygen atoms in total. The molecule has 0 N–H and O–H groups in total. The zero-order valence-corrected chi connectivity index (χ0v) is 10.2. The third kappa shape index (κ3) is 2.88. The van der Waals surface area contributed by atoms with Crippen molar-refractivity contribution in [3.05, 3.63) is 40.9 Å². The van der Waals surface area contributed by atoms with Crippen LogP contribution in [0.3, 0.4) is 0 Å². The molecule has 2 heteroatoms. The van der Waals surface area contributed by atoms with Crippen LogP contribution >= 0.6 is 15.9 Å². The first-order valence-corrected chi connectivity index (χ1v) is 5.47. The van der Waals surface area contributed by atoms with Gasteiger partial charge in [-0.3, -0.25) is 0 Å². The van der Waals surface area contributed by atoms with Gasteiger partial charge in [0.05, 0.1) is 4.47 Å². The molecule has 14 heavy (non-hydrogen) atoms. The number of hydrogen-bond donors (Lipinski definition) is 0. The molecule has 0 bridgehead atoms. The molecule has 76 valence electrons. The van der Waals surface area contributed by atoms with Crippen molar-refractivity contribution in [2.24, 2.45) is 0 Å². The minimum Gasteiger partial charge on any atom is -0.488 e. The van der Waals surface area contributed by atoms with Gasteiger partial charge in [0.15, 0.2) is 0 Å². The highest BCUT2D eigenvalue weighted by atomic mass is 79.9. The van der Waals surface area contributed by atoms with Gasteiger partial charge >= 0.3 is 0 Å². The van der Waals surface area contributed by atoms with Crippen LogP contribution in [0.25, 0.3) is 0 Å². The Labute approximate surface area is 93.9 Å². The van der Waals surface area contributed by atoms with E-state index in [2.05, 4.69) is 48.5 Å². The Morgan fingerprint density at radius 3 is 2.71 bits per heavy atom. The van der Waals surface area contributed by atoms with Crippen molar-refractivity contribution < 1.29 is 4.74 Å². The second-order valence-corrected chi connectivity index (χ2v) is 4.30. The molecule has 0 aromatic heterocycles. The molecule has 1 rings (SSSR count). The van der Waals surface area contributed by atoms with Gasteiger partial charge in [0.25, 0.3) is 0 Å². The summed E-state index contributed by atoms with van der Waals surface area (Å²) >= 11 is 3.49. The Morgan fingerprint density at radius 1 is 1.50 bits per heavy atom. The first kappa shape index (κ1) is 11.3. The summed E-state index contributed by atoms with van der Waals surface area (Å²) < 4.78 is 6.46. The van der Waals surface area contributed by atoms with Crippen LogP contribution in [0.4, 0.5) is 0 Å². The van der Waals surface area contributed by atoms with Gasteiger partial charge in [0.2, 0.25) is 0 Å². The normalized spacial score (nSPS) is 10.3. The van der Waals surface area contributed by atoms with E-state index in [4.69, 9.17) is 4.74 Å². The zero-order chi connectivity index (χ0) is 10.6. The molecule has 0 saturated carbocycles. The Morgan fingerprint density at radius 2 is 2.21 bits per heavy atom. The Kier molecular flexibility index (Phi) is 4.21. The number of benzene rings is 1.